The summed E-state index contributed by atoms with van der Waals surface area (Å²) >= 11 is 0. The zero-order valence-corrected chi connectivity index (χ0v) is 18.1. The zero-order valence-electron chi connectivity index (χ0n) is 18.1. The van der Waals surface area contributed by atoms with E-state index in [0.717, 1.165) is 19.3 Å². The fourth-order valence-electron chi connectivity index (χ4n) is 4.28. The van der Waals surface area contributed by atoms with Gasteiger partial charge >= 0.3 is 12.2 Å². The van der Waals surface area contributed by atoms with Crippen LogP contribution in [-0.2, 0) is 12.6 Å². The highest BCUT2D eigenvalue weighted by Gasteiger charge is 2.38. The van der Waals surface area contributed by atoms with E-state index in [9.17, 15) is 23.1 Å². The summed E-state index contributed by atoms with van der Waals surface area (Å²) in [5, 5.41) is 15.4. The number of ether oxygens (including phenoxy) is 1. The molecule has 1 atom stereocenters. The molecule has 0 aliphatic heterocycles. The van der Waals surface area contributed by atoms with Crippen LogP contribution in [0.25, 0.3) is 5.52 Å². The Balaban J connectivity index is 1.69. The highest BCUT2D eigenvalue weighted by molar-refractivity contribution is 5.43. The largest absolute Gasteiger partial charge is 0.464 e. The van der Waals surface area contributed by atoms with E-state index in [0.29, 0.717) is 37.9 Å². The van der Waals surface area contributed by atoms with Gasteiger partial charge in [-0.2, -0.15) is 13.2 Å². The van der Waals surface area contributed by atoms with Crippen molar-refractivity contribution in [3.05, 3.63) is 22.4 Å². The van der Waals surface area contributed by atoms with Crippen LogP contribution in [0.4, 0.5) is 13.2 Å². The Kier molecular flexibility index (Phi) is 7.28. The molecule has 0 amide bonds. The molecule has 1 N–H and O–H groups in total. The number of alkyl halides is 3. The molecule has 0 radical (unpaired) electrons. The van der Waals surface area contributed by atoms with E-state index in [4.69, 9.17) is 4.74 Å². The van der Waals surface area contributed by atoms with Crippen LogP contribution in [0.15, 0.2) is 11.0 Å². The van der Waals surface area contributed by atoms with Crippen molar-refractivity contribution in [1.29, 1.82) is 0 Å². The molecule has 1 aliphatic rings. The molecule has 1 aliphatic carbocycles. The van der Waals surface area contributed by atoms with Gasteiger partial charge in [0.2, 0.25) is 0 Å². The van der Waals surface area contributed by atoms with Gasteiger partial charge < -0.3 is 9.84 Å². The molecular formula is C21H31F3N4O3. The predicted molar refractivity (Wildman–Crippen MR) is 109 cm³/mol. The highest BCUT2D eigenvalue weighted by Crippen LogP contribution is 2.36. The monoisotopic (exact) mass is 444 g/mol. The van der Waals surface area contributed by atoms with Gasteiger partial charge in [0.25, 0.3) is 5.56 Å². The third-order valence-electron chi connectivity index (χ3n) is 6.11. The minimum Gasteiger partial charge on any atom is -0.464 e. The normalized spacial score (nSPS) is 17.7. The molecule has 174 valence electrons. The Morgan fingerprint density at radius 3 is 2.58 bits per heavy atom. The lowest BCUT2D eigenvalue weighted by Gasteiger charge is -2.30. The van der Waals surface area contributed by atoms with Crippen molar-refractivity contribution in [2.24, 2.45) is 13.0 Å². The van der Waals surface area contributed by atoms with Crippen molar-refractivity contribution >= 4 is 5.52 Å². The van der Waals surface area contributed by atoms with Crippen LogP contribution in [0.2, 0.25) is 0 Å². The maximum absolute atomic E-state index is 13.0. The number of aliphatic hydroxyl groups is 1. The van der Waals surface area contributed by atoms with Gasteiger partial charge in [0.15, 0.2) is 11.3 Å². The van der Waals surface area contributed by atoms with Crippen molar-refractivity contribution in [1.82, 2.24) is 19.2 Å². The Bertz CT molecular complexity index is 932. The van der Waals surface area contributed by atoms with Gasteiger partial charge in [-0.15, -0.1) is 5.10 Å². The van der Waals surface area contributed by atoms with Crippen LogP contribution < -0.4 is 10.3 Å². The van der Waals surface area contributed by atoms with Crippen molar-refractivity contribution in [3.8, 4) is 6.01 Å². The topological polar surface area (TPSA) is 81.7 Å². The summed E-state index contributed by atoms with van der Waals surface area (Å²) in [6.07, 6.45) is 2.60. The molecular weight excluding hydrogens is 413 g/mol. The average Bonchev–Trinajstić information content (AvgIpc) is 3.15. The van der Waals surface area contributed by atoms with Gasteiger partial charge in [0.05, 0.1) is 18.7 Å². The third-order valence-corrected chi connectivity index (χ3v) is 6.11. The summed E-state index contributed by atoms with van der Waals surface area (Å²) in [7, 11) is 1.52. The van der Waals surface area contributed by atoms with Crippen molar-refractivity contribution in [2.45, 2.75) is 82.9 Å². The lowest BCUT2D eigenvalue weighted by atomic mass is 9.84. The molecule has 31 heavy (non-hydrogen) atoms. The first-order valence-corrected chi connectivity index (χ1v) is 11.0. The summed E-state index contributed by atoms with van der Waals surface area (Å²) in [5.41, 5.74) is -1.24. The van der Waals surface area contributed by atoms with Crippen LogP contribution in [-0.4, -0.2) is 37.1 Å². The van der Waals surface area contributed by atoms with E-state index < -0.39 is 17.7 Å². The molecule has 7 nitrogen and oxygen atoms in total. The van der Waals surface area contributed by atoms with Crippen LogP contribution in [0, 0.1) is 5.92 Å². The number of fused-ring (bicyclic) bond motifs is 1. The summed E-state index contributed by atoms with van der Waals surface area (Å²) in [5.74, 6) is -0.960. The summed E-state index contributed by atoms with van der Waals surface area (Å²) in [6.45, 7) is 1.90. The summed E-state index contributed by atoms with van der Waals surface area (Å²) < 4.78 is 47.3. The SMILES string of the molecule is CCC[C@H](CCCCOc1nn2c(C3(O)CCCCC3)ncc2c(=O)n1C)C(F)(F)F. The highest BCUT2D eigenvalue weighted by atomic mass is 19.4. The molecule has 0 bridgehead atoms. The van der Waals surface area contributed by atoms with E-state index in [1.807, 2.05) is 0 Å². The van der Waals surface area contributed by atoms with Gasteiger partial charge in [-0.25, -0.2) is 9.50 Å². The quantitative estimate of drug-likeness (QED) is 0.589. The lowest BCUT2D eigenvalue weighted by molar-refractivity contribution is -0.178. The number of hydrogen-bond donors (Lipinski definition) is 1. The number of nitrogens with zero attached hydrogens (tertiary/aromatic N) is 4. The second kappa shape index (κ2) is 9.58. The van der Waals surface area contributed by atoms with Crippen LogP contribution in [0.5, 0.6) is 6.01 Å². The molecule has 0 saturated heterocycles. The van der Waals surface area contributed by atoms with Gasteiger partial charge in [-0.1, -0.05) is 32.6 Å². The minimum atomic E-state index is -4.18. The van der Waals surface area contributed by atoms with E-state index in [1.54, 1.807) is 6.92 Å². The average molecular weight is 444 g/mol. The molecule has 0 spiro atoms. The number of imidazole rings is 1. The molecule has 0 unspecified atom stereocenters. The fraction of sp³-hybridized carbons (Fsp3) is 0.762. The smallest absolute Gasteiger partial charge is 0.391 e. The molecule has 0 aromatic carbocycles. The first-order chi connectivity index (χ1) is 14.7. The number of halogens is 3. The standard InChI is InChI=1S/C21H31F3N4O3/c1-3-9-15(21(22,23)24)10-5-8-13-31-19-26-28-16(17(29)27(19)2)14-25-18(28)20(30)11-6-4-7-12-20/h14-15,30H,3-13H2,1-2H3/t15-/m1/s1. The molecule has 2 heterocycles. The molecule has 2 aromatic rings. The Hall–Kier alpha value is -2.10. The van der Waals surface area contributed by atoms with Crippen molar-refractivity contribution in [2.75, 3.05) is 6.61 Å². The molecule has 1 fully saturated rings. The molecule has 3 rings (SSSR count). The number of unbranched alkanes of at least 4 members (excludes halogenated alkanes) is 1. The van der Waals surface area contributed by atoms with E-state index >= 15 is 0 Å². The van der Waals surface area contributed by atoms with E-state index in [2.05, 4.69) is 10.1 Å². The Morgan fingerprint density at radius 2 is 1.94 bits per heavy atom. The second-order valence-corrected chi connectivity index (χ2v) is 8.49. The molecule has 2 aromatic heterocycles. The minimum absolute atomic E-state index is 0.0529. The molecule has 10 heteroatoms. The number of hydrogen-bond acceptors (Lipinski definition) is 5. The first kappa shape index (κ1) is 23.6. The summed E-state index contributed by atoms with van der Waals surface area (Å²) in [4.78, 5) is 17.0. The first-order valence-electron chi connectivity index (χ1n) is 11.0. The van der Waals surface area contributed by atoms with E-state index in [-0.39, 0.29) is 36.5 Å². The van der Waals surface area contributed by atoms with Crippen molar-refractivity contribution in [3.63, 3.8) is 0 Å². The summed E-state index contributed by atoms with van der Waals surface area (Å²) in [6, 6.07) is 0.0529. The van der Waals surface area contributed by atoms with Crippen molar-refractivity contribution < 1.29 is 23.0 Å². The zero-order chi connectivity index (χ0) is 22.6. The second-order valence-electron chi connectivity index (χ2n) is 8.49. The van der Waals surface area contributed by atoms with Gasteiger partial charge in [0.1, 0.15) is 5.60 Å². The van der Waals surface area contributed by atoms with Gasteiger partial charge in [-0.05, 0) is 38.5 Å². The van der Waals surface area contributed by atoms with Gasteiger partial charge in [-0.3, -0.25) is 9.36 Å². The van der Waals surface area contributed by atoms with E-state index in [1.165, 1.54) is 22.3 Å². The Morgan fingerprint density at radius 1 is 1.23 bits per heavy atom. The van der Waals surface area contributed by atoms with Crippen LogP contribution in [0.3, 0.4) is 0 Å². The van der Waals surface area contributed by atoms with Gasteiger partial charge in [0, 0.05) is 7.05 Å². The number of rotatable bonds is 9. The third kappa shape index (κ3) is 5.22. The maximum atomic E-state index is 13.0. The van der Waals surface area contributed by atoms with Crippen LogP contribution in [0.1, 0.15) is 77.0 Å². The fourth-order valence-corrected chi connectivity index (χ4v) is 4.28. The van der Waals surface area contributed by atoms with Crippen LogP contribution >= 0.6 is 0 Å². The predicted octanol–water partition coefficient (Wildman–Crippen LogP) is 4.11. The lowest BCUT2D eigenvalue weighted by Crippen LogP contribution is -2.32. The Labute approximate surface area is 179 Å². The maximum Gasteiger partial charge on any atom is 0.391 e. The number of aromatic nitrogens is 4. The molecule has 1 saturated carbocycles.